The van der Waals surface area contributed by atoms with Crippen LogP contribution in [0.15, 0.2) is 29.2 Å². The van der Waals surface area contributed by atoms with E-state index < -0.39 is 4.17 Å². The van der Waals surface area contributed by atoms with Crippen molar-refractivity contribution in [1.29, 1.82) is 0 Å². The number of halogens is 2. The highest BCUT2D eigenvalue weighted by Gasteiger charge is 2.06. The molecule has 0 heterocycles. The summed E-state index contributed by atoms with van der Waals surface area (Å²) in [6.07, 6.45) is 0. The third kappa shape index (κ3) is 3.40. The van der Waals surface area contributed by atoms with Crippen molar-refractivity contribution in [3.63, 3.8) is 0 Å². The summed E-state index contributed by atoms with van der Waals surface area (Å²) in [4.78, 5) is 12.0. The van der Waals surface area contributed by atoms with Gasteiger partial charge in [0.25, 0.3) is 0 Å². The first kappa shape index (κ1) is 11.7. The van der Waals surface area contributed by atoms with Crippen molar-refractivity contribution in [3.8, 4) is 0 Å². The maximum absolute atomic E-state index is 11.1. The van der Waals surface area contributed by atoms with Gasteiger partial charge in [-0.2, -0.15) is 0 Å². The molecule has 0 aliphatic rings. The van der Waals surface area contributed by atoms with E-state index in [0.717, 1.165) is 4.90 Å². The van der Waals surface area contributed by atoms with E-state index in [1.807, 2.05) is 0 Å². The zero-order valence-electron chi connectivity index (χ0n) is 7.37. The molecule has 0 saturated carbocycles. The van der Waals surface area contributed by atoms with Crippen LogP contribution in [-0.2, 0) is 4.74 Å². The number of hydrogen-bond donors (Lipinski definition) is 0. The van der Waals surface area contributed by atoms with Gasteiger partial charge in [0, 0.05) is 4.90 Å². The SMILES string of the molecule is COC(=O)c1ccc(SC(Cl)Cl)cc1. The summed E-state index contributed by atoms with van der Waals surface area (Å²) in [6.45, 7) is 0. The molecule has 0 saturated heterocycles. The summed E-state index contributed by atoms with van der Waals surface area (Å²) in [7, 11) is 1.35. The van der Waals surface area contributed by atoms with E-state index in [9.17, 15) is 4.79 Å². The Labute approximate surface area is 96.5 Å². The second-order valence-electron chi connectivity index (χ2n) is 2.39. The first-order valence-electron chi connectivity index (χ1n) is 3.76. The molecular formula is C9H8Cl2O2S. The molecule has 1 aromatic carbocycles. The van der Waals surface area contributed by atoms with E-state index >= 15 is 0 Å². The van der Waals surface area contributed by atoms with E-state index in [4.69, 9.17) is 23.2 Å². The van der Waals surface area contributed by atoms with Crippen LogP contribution >= 0.6 is 35.0 Å². The molecule has 0 aliphatic heterocycles. The van der Waals surface area contributed by atoms with Gasteiger partial charge in [-0.05, 0) is 24.3 Å². The smallest absolute Gasteiger partial charge is 0.337 e. The molecule has 0 spiro atoms. The molecule has 0 aliphatic carbocycles. The quantitative estimate of drug-likeness (QED) is 0.468. The molecule has 1 rings (SSSR count). The Balaban J connectivity index is 2.73. The minimum absolute atomic E-state index is 0.352. The Morgan fingerprint density at radius 1 is 1.36 bits per heavy atom. The van der Waals surface area contributed by atoms with Crippen molar-refractivity contribution < 1.29 is 9.53 Å². The lowest BCUT2D eigenvalue weighted by Crippen LogP contribution is -2.00. The van der Waals surface area contributed by atoms with Gasteiger partial charge in [-0.15, -0.1) is 0 Å². The number of carbonyl (C=O) groups is 1. The summed E-state index contributed by atoms with van der Waals surface area (Å²) in [6, 6.07) is 6.89. The predicted molar refractivity (Wildman–Crippen MR) is 59.1 cm³/mol. The van der Waals surface area contributed by atoms with Gasteiger partial charge >= 0.3 is 5.97 Å². The first-order chi connectivity index (χ1) is 6.63. The van der Waals surface area contributed by atoms with Gasteiger partial charge in [0.1, 0.15) is 0 Å². The monoisotopic (exact) mass is 250 g/mol. The third-order valence-corrected chi connectivity index (χ3v) is 2.76. The van der Waals surface area contributed by atoms with E-state index in [1.54, 1.807) is 24.3 Å². The molecule has 0 N–H and O–H groups in total. The van der Waals surface area contributed by atoms with Crippen LogP contribution in [0, 0.1) is 0 Å². The summed E-state index contributed by atoms with van der Waals surface area (Å²) >= 11 is 12.5. The maximum atomic E-state index is 11.1. The lowest BCUT2D eigenvalue weighted by Gasteiger charge is -2.02. The van der Waals surface area contributed by atoms with Gasteiger partial charge < -0.3 is 4.74 Å². The van der Waals surface area contributed by atoms with Gasteiger partial charge in [-0.1, -0.05) is 35.0 Å². The number of rotatable bonds is 3. The average molecular weight is 251 g/mol. The fourth-order valence-corrected chi connectivity index (χ4v) is 2.01. The number of carbonyl (C=O) groups excluding carboxylic acids is 1. The Hall–Kier alpha value is -0.380. The van der Waals surface area contributed by atoms with Crippen molar-refractivity contribution in [1.82, 2.24) is 0 Å². The average Bonchev–Trinajstić information content (AvgIpc) is 2.17. The lowest BCUT2D eigenvalue weighted by atomic mass is 10.2. The van der Waals surface area contributed by atoms with E-state index in [2.05, 4.69) is 4.74 Å². The van der Waals surface area contributed by atoms with Crippen LogP contribution in [0.25, 0.3) is 0 Å². The number of hydrogen-bond acceptors (Lipinski definition) is 3. The van der Waals surface area contributed by atoms with Crippen molar-refractivity contribution in [2.45, 2.75) is 9.06 Å². The van der Waals surface area contributed by atoms with Crippen LogP contribution in [0.3, 0.4) is 0 Å². The van der Waals surface area contributed by atoms with Crippen LogP contribution in [0.5, 0.6) is 0 Å². The van der Waals surface area contributed by atoms with Crippen molar-refractivity contribution >= 4 is 40.9 Å². The van der Waals surface area contributed by atoms with Gasteiger partial charge in [0.2, 0.25) is 0 Å². The molecule has 0 aromatic heterocycles. The lowest BCUT2D eigenvalue weighted by molar-refractivity contribution is 0.0600. The van der Waals surface area contributed by atoms with Gasteiger partial charge in [-0.3, -0.25) is 0 Å². The van der Waals surface area contributed by atoms with Crippen LogP contribution in [0.4, 0.5) is 0 Å². The third-order valence-electron chi connectivity index (χ3n) is 1.50. The van der Waals surface area contributed by atoms with Crippen LogP contribution in [0.2, 0.25) is 0 Å². The van der Waals surface area contributed by atoms with Crippen LogP contribution < -0.4 is 0 Å². The Morgan fingerprint density at radius 2 is 1.93 bits per heavy atom. The van der Waals surface area contributed by atoms with Gasteiger partial charge in [0.05, 0.1) is 12.7 Å². The number of esters is 1. The fourth-order valence-electron chi connectivity index (χ4n) is 0.890. The molecule has 0 radical (unpaired) electrons. The molecule has 0 fully saturated rings. The molecule has 1 aromatic rings. The van der Waals surface area contributed by atoms with Gasteiger partial charge in [0.15, 0.2) is 4.17 Å². The minimum atomic E-state index is -0.501. The summed E-state index contributed by atoms with van der Waals surface area (Å²) in [5.41, 5.74) is 0.512. The predicted octanol–water partition coefficient (Wildman–Crippen LogP) is 3.33. The highest BCUT2D eigenvalue weighted by atomic mass is 35.5. The highest BCUT2D eigenvalue weighted by molar-refractivity contribution is 8.02. The Bertz CT molecular complexity index is 311. The van der Waals surface area contributed by atoms with E-state index in [1.165, 1.54) is 18.9 Å². The fraction of sp³-hybridized carbons (Fsp3) is 0.222. The zero-order valence-corrected chi connectivity index (χ0v) is 9.70. The van der Waals surface area contributed by atoms with Crippen molar-refractivity contribution in [2.75, 3.05) is 7.11 Å². The standard InChI is InChI=1S/C9H8Cl2O2S/c1-13-8(12)6-2-4-7(5-3-6)14-9(10)11/h2-5,9H,1H3. The molecule has 5 heteroatoms. The minimum Gasteiger partial charge on any atom is -0.465 e. The molecule has 76 valence electrons. The number of alkyl halides is 2. The second-order valence-corrected chi connectivity index (χ2v) is 5.19. The number of benzene rings is 1. The summed E-state index contributed by atoms with van der Waals surface area (Å²) in [5, 5.41) is 0. The molecule has 0 bridgehead atoms. The number of methoxy groups -OCH3 is 1. The molecule has 2 nitrogen and oxygen atoms in total. The molecule has 0 atom stereocenters. The van der Waals surface area contributed by atoms with E-state index in [0.29, 0.717) is 5.56 Å². The maximum Gasteiger partial charge on any atom is 0.337 e. The van der Waals surface area contributed by atoms with E-state index in [-0.39, 0.29) is 5.97 Å². The molecule has 0 unspecified atom stereocenters. The highest BCUT2D eigenvalue weighted by Crippen LogP contribution is 2.28. The zero-order chi connectivity index (χ0) is 10.6. The molecule has 0 amide bonds. The Kier molecular flexibility index (Phi) is 4.58. The summed E-state index contributed by atoms with van der Waals surface area (Å²) < 4.78 is 4.06. The molecular weight excluding hydrogens is 243 g/mol. The summed E-state index contributed by atoms with van der Waals surface area (Å²) in [5.74, 6) is -0.352. The first-order valence-corrected chi connectivity index (χ1v) is 5.52. The normalized spacial score (nSPS) is 10.3. The Morgan fingerprint density at radius 3 is 2.36 bits per heavy atom. The van der Waals surface area contributed by atoms with Crippen LogP contribution in [-0.4, -0.2) is 17.2 Å². The second kappa shape index (κ2) is 5.49. The molecule has 14 heavy (non-hydrogen) atoms. The number of ether oxygens (including phenoxy) is 1. The van der Waals surface area contributed by atoms with Crippen molar-refractivity contribution in [2.24, 2.45) is 0 Å². The largest absolute Gasteiger partial charge is 0.465 e. The number of thioether (sulfide) groups is 1. The topological polar surface area (TPSA) is 26.3 Å². The van der Waals surface area contributed by atoms with Gasteiger partial charge in [-0.25, -0.2) is 4.79 Å². The van der Waals surface area contributed by atoms with Crippen molar-refractivity contribution in [3.05, 3.63) is 29.8 Å². The van der Waals surface area contributed by atoms with Crippen LogP contribution in [0.1, 0.15) is 10.4 Å².